The van der Waals surface area contributed by atoms with E-state index in [0.29, 0.717) is 51.6 Å². The first-order valence-corrected chi connectivity index (χ1v) is 19.1. The van der Waals surface area contributed by atoms with Crippen LogP contribution in [-0.2, 0) is 24.3 Å². The number of carbonyl (C=O) groups is 2. The van der Waals surface area contributed by atoms with Gasteiger partial charge in [-0.2, -0.15) is 15.2 Å². The molecule has 0 radical (unpaired) electrons. The summed E-state index contributed by atoms with van der Waals surface area (Å²) in [4.78, 5) is 42.7. The summed E-state index contributed by atoms with van der Waals surface area (Å²) in [6.07, 6.45) is 0.469. The largest absolute Gasteiger partial charge is 0.489 e. The number of hydrogen-bond donors (Lipinski definition) is 1. The molecule has 7 rings (SSSR count). The maximum Gasteiger partial charge on any atom is 0.410 e. The van der Waals surface area contributed by atoms with Crippen molar-refractivity contribution in [1.82, 2.24) is 19.8 Å². The molecule has 3 aliphatic heterocycles. The van der Waals surface area contributed by atoms with E-state index in [1.807, 2.05) is 70.2 Å². The summed E-state index contributed by atoms with van der Waals surface area (Å²) in [5, 5.41) is 21.6. The minimum Gasteiger partial charge on any atom is -0.489 e. The standard InChI is InChI=1S/C42H49N7O6/c1-28(36-15-10-19-49(36)41(52)55-42(2,3)4)54-39-44-35-26-46(20-17-34(35)38(45-39)47-21-22-48(40(50)51)31(25-47)16-18-43)37-24-32(23-30-13-8-9-14-33(30)37)53-27-29-11-6-5-7-12-29/h5-9,11-14,23-24,28,31,36H,10,15-17,19-22,25-27H2,1-4H3,(H,50,51)/t28?,31-,36+/m0/s1. The Morgan fingerprint density at radius 1 is 0.982 bits per heavy atom. The van der Waals surface area contributed by atoms with E-state index in [2.05, 4.69) is 40.1 Å². The minimum absolute atomic E-state index is 0.0716. The van der Waals surface area contributed by atoms with Crippen LogP contribution in [0, 0.1) is 11.3 Å². The summed E-state index contributed by atoms with van der Waals surface area (Å²) in [7, 11) is 0. The lowest BCUT2D eigenvalue weighted by Crippen LogP contribution is -2.55. The first-order chi connectivity index (χ1) is 26.5. The van der Waals surface area contributed by atoms with Crippen LogP contribution in [-0.4, -0.2) is 93.6 Å². The molecule has 0 bridgehead atoms. The third-order valence-electron chi connectivity index (χ3n) is 10.5. The molecule has 3 aliphatic rings. The summed E-state index contributed by atoms with van der Waals surface area (Å²) < 4.78 is 18.6. The second-order valence-corrected chi connectivity index (χ2v) is 15.5. The monoisotopic (exact) mass is 747 g/mol. The Hall–Kier alpha value is -5.77. The Balaban J connectivity index is 1.21. The number of piperazine rings is 1. The van der Waals surface area contributed by atoms with Gasteiger partial charge in [0.1, 0.15) is 29.9 Å². The Morgan fingerprint density at radius 2 is 1.76 bits per heavy atom. The van der Waals surface area contributed by atoms with Crippen molar-refractivity contribution in [3.05, 3.63) is 83.6 Å². The van der Waals surface area contributed by atoms with E-state index in [0.717, 1.165) is 51.9 Å². The van der Waals surface area contributed by atoms with Crippen molar-refractivity contribution in [2.24, 2.45) is 0 Å². The summed E-state index contributed by atoms with van der Waals surface area (Å²) in [5.74, 6) is 1.47. The number of rotatable bonds is 9. The Kier molecular flexibility index (Phi) is 10.9. The number of likely N-dealkylation sites (tertiary alicyclic amines) is 1. The molecule has 0 spiro atoms. The van der Waals surface area contributed by atoms with Crippen molar-refractivity contribution in [2.75, 3.05) is 42.5 Å². The number of ether oxygens (including phenoxy) is 3. The molecule has 2 fully saturated rings. The molecule has 2 saturated heterocycles. The highest BCUT2D eigenvalue weighted by molar-refractivity contribution is 5.96. The zero-order chi connectivity index (χ0) is 38.7. The van der Waals surface area contributed by atoms with E-state index in [1.54, 1.807) is 4.90 Å². The fraction of sp³-hybridized carbons (Fsp3) is 0.452. The zero-order valence-corrected chi connectivity index (χ0v) is 32.0. The molecule has 55 heavy (non-hydrogen) atoms. The molecular weight excluding hydrogens is 699 g/mol. The van der Waals surface area contributed by atoms with Crippen LogP contribution in [0.3, 0.4) is 0 Å². The molecule has 0 aliphatic carbocycles. The maximum absolute atomic E-state index is 13.2. The number of anilines is 2. The van der Waals surface area contributed by atoms with Crippen LogP contribution >= 0.6 is 0 Å². The van der Waals surface area contributed by atoms with Crippen molar-refractivity contribution in [2.45, 2.75) is 90.3 Å². The molecule has 1 aromatic heterocycles. The van der Waals surface area contributed by atoms with E-state index in [-0.39, 0.29) is 31.1 Å². The lowest BCUT2D eigenvalue weighted by Gasteiger charge is -2.41. The first kappa shape index (κ1) is 37.5. The maximum atomic E-state index is 13.2. The van der Waals surface area contributed by atoms with E-state index in [1.165, 1.54) is 4.90 Å². The Bertz CT molecular complexity index is 2070. The Labute approximate surface area is 322 Å². The van der Waals surface area contributed by atoms with Gasteiger partial charge in [-0.1, -0.05) is 54.6 Å². The third-order valence-corrected chi connectivity index (χ3v) is 10.5. The van der Waals surface area contributed by atoms with Gasteiger partial charge in [-0.15, -0.1) is 0 Å². The van der Waals surface area contributed by atoms with Gasteiger partial charge in [-0.25, -0.2) is 9.59 Å². The lowest BCUT2D eigenvalue weighted by atomic mass is 10.0. The molecule has 288 valence electrons. The summed E-state index contributed by atoms with van der Waals surface area (Å²) in [6, 6.07) is 24.2. The van der Waals surface area contributed by atoms with Crippen molar-refractivity contribution in [3.8, 4) is 17.8 Å². The van der Waals surface area contributed by atoms with Crippen LogP contribution < -0.4 is 19.3 Å². The molecule has 1 unspecified atom stereocenters. The van der Waals surface area contributed by atoms with E-state index in [4.69, 9.17) is 24.2 Å². The molecule has 3 atom stereocenters. The number of benzene rings is 3. The number of carbonyl (C=O) groups excluding carboxylic acids is 1. The Morgan fingerprint density at radius 3 is 2.53 bits per heavy atom. The third kappa shape index (κ3) is 8.48. The van der Waals surface area contributed by atoms with E-state index < -0.39 is 23.8 Å². The average molecular weight is 748 g/mol. The molecular formula is C42H49N7O6. The minimum atomic E-state index is -1.04. The molecule has 0 saturated carbocycles. The smallest absolute Gasteiger partial charge is 0.410 e. The quantitative estimate of drug-likeness (QED) is 0.189. The highest BCUT2D eigenvalue weighted by atomic mass is 16.6. The van der Waals surface area contributed by atoms with Crippen LogP contribution in [0.25, 0.3) is 10.8 Å². The molecule has 4 heterocycles. The number of nitriles is 1. The summed E-state index contributed by atoms with van der Waals surface area (Å²) >= 11 is 0. The normalized spacial score (nSPS) is 19.1. The van der Waals surface area contributed by atoms with E-state index >= 15 is 0 Å². The van der Waals surface area contributed by atoms with Gasteiger partial charge in [0.05, 0.1) is 36.8 Å². The van der Waals surface area contributed by atoms with Gasteiger partial charge in [0.15, 0.2) is 0 Å². The van der Waals surface area contributed by atoms with Gasteiger partial charge in [-0.3, -0.25) is 0 Å². The fourth-order valence-corrected chi connectivity index (χ4v) is 7.91. The summed E-state index contributed by atoms with van der Waals surface area (Å²) in [5.41, 5.74) is 3.29. The van der Waals surface area contributed by atoms with Crippen molar-refractivity contribution in [3.63, 3.8) is 0 Å². The SMILES string of the molecule is CC(Oc1nc2c(c(N3CCN(C(=O)O)[C@@H](CC#N)C3)n1)CCN(c1cc(OCc3ccccc3)cc3ccccc13)C2)[C@H]1CCCN1C(=O)OC(C)(C)C. The highest BCUT2D eigenvalue weighted by Gasteiger charge is 2.38. The van der Waals surface area contributed by atoms with E-state index in [9.17, 15) is 20.0 Å². The van der Waals surface area contributed by atoms with Gasteiger partial charge in [0, 0.05) is 55.4 Å². The molecule has 2 amide bonds. The number of hydrogen-bond acceptors (Lipinski definition) is 10. The number of nitrogens with zero attached hydrogens (tertiary/aromatic N) is 7. The average Bonchev–Trinajstić information content (AvgIpc) is 3.67. The van der Waals surface area contributed by atoms with Crippen molar-refractivity contribution >= 4 is 34.5 Å². The molecule has 3 aromatic carbocycles. The van der Waals surface area contributed by atoms with Gasteiger partial charge in [0.2, 0.25) is 0 Å². The molecule has 4 aromatic rings. The zero-order valence-electron chi connectivity index (χ0n) is 32.0. The second kappa shape index (κ2) is 15.9. The first-order valence-electron chi connectivity index (χ1n) is 19.1. The fourth-order valence-electron chi connectivity index (χ4n) is 7.91. The number of amides is 2. The second-order valence-electron chi connectivity index (χ2n) is 15.5. The predicted molar refractivity (Wildman–Crippen MR) is 209 cm³/mol. The summed E-state index contributed by atoms with van der Waals surface area (Å²) in [6.45, 7) is 10.7. The van der Waals surface area contributed by atoms with Gasteiger partial charge < -0.3 is 38.9 Å². The molecule has 13 nitrogen and oxygen atoms in total. The molecule has 13 heteroatoms. The van der Waals surface area contributed by atoms with Gasteiger partial charge in [0.25, 0.3) is 0 Å². The topological polar surface area (TPSA) is 145 Å². The number of fused-ring (bicyclic) bond motifs is 2. The van der Waals surface area contributed by atoms with Crippen LogP contribution in [0.15, 0.2) is 66.7 Å². The van der Waals surface area contributed by atoms with Crippen molar-refractivity contribution in [1.29, 1.82) is 5.26 Å². The van der Waals surface area contributed by atoms with Gasteiger partial charge in [-0.05, 0) is 64.0 Å². The van der Waals surface area contributed by atoms with Crippen LogP contribution in [0.4, 0.5) is 21.1 Å². The van der Waals surface area contributed by atoms with Crippen molar-refractivity contribution < 1.29 is 28.9 Å². The van der Waals surface area contributed by atoms with Crippen LogP contribution in [0.5, 0.6) is 11.8 Å². The number of aromatic nitrogens is 2. The van der Waals surface area contributed by atoms with Gasteiger partial charge >= 0.3 is 18.2 Å². The highest BCUT2D eigenvalue weighted by Crippen LogP contribution is 2.38. The predicted octanol–water partition coefficient (Wildman–Crippen LogP) is 7.02. The van der Waals surface area contributed by atoms with Crippen LogP contribution in [0.1, 0.15) is 63.8 Å². The molecule has 1 N–H and O–H groups in total. The van der Waals surface area contributed by atoms with Crippen LogP contribution in [0.2, 0.25) is 0 Å². The number of carboxylic acid groups (broad SMARTS) is 1. The lowest BCUT2D eigenvalue weighted by molar-refractivity contribution is 0.0102.